The molecule has 1 aliphatic rings. The lowest BCUT2D eigenvalue weighted by atomic mass is 10.0. The summed E-state index contributed by atoms with van der Waals surface area (Å²) in [6.45, 7) is 2.85. The molecular formula is C19H22ClN3O. The Kier molecular flexibility index (Phi) is 5.38. The van der Waals surface area contributed by atoms with Crippen molar-refractivity contribution in [1.29, 1.82) is 0 Å². The van der Waals surface area contributed by atoms with E-state index < -0.39 is 0 Å². The summed E-state index contributed by atoms with van der Waals surface area (Å²) < 4.78 is 0. The van der Waals surface area contributed by atoms with Crippen LogP contribution in [0.25, 0.3) is 0 Å². The van der Waals surface area contributed by atoms with E-state index in [-0.39, 0.29) is 11.9 Å². The Balaban J connectivity index is 1.58. The topological polar surface area (TPSA) is 58.4 Å². The van der Waals surface area contributed by atoms with Crippen LogP contribution < -0.4 is 11.1 Å². The van der Waals surface area contributed by atoms with Gasteiger partial charge in [-0.25, -0.2) is 0 Å². The Hall–Kier alpha value is -2.04. The number of nitrogens with two attached hydrogens (primary N) is 1. The predicted molar refractivity (Wildman–Crippen MR) is 98.1 cm³/mol. The normalized spacial score (nSPS) is 18.3. The summed E-state index contributed by atoms with van der Waals surface area (Å²) in [6.07, 6.45) is 2.08. The van der Waals surface area contributed by atoms with Crippen LogP contribution in [0, 0.1) is 0 Å². The smallest absolute Gasteiger partial charge is 0.251 e. The van der Waals surface area contributed by atoms with Crippen LogP contribution in [0.5, 0.6) is 0 Å². The molecule has 5 heteroatoms. The summed E-state index contributed by atoms with van der Waals surface area (Å²) >= 11 is 6.00. The third-order valence-electron chi connectivity index (χ3n) is 4.35. The van der Waals surface area contributed by atoms with E-state index in [4.69, 9.17) is 17.3 Å². The van der Waals surface area contributed by atoms with Crippen LogP contribution in [-0.2, 0) is 6.54 Å². The van der Waals surface area contributed by atoms with Crippen LogP contribution in [0.3, 0.4) is 0 Å². The average Bonchev–Trinajstić information content (AvgIpc) is 2.58. The summed E-state index contributed by atoms with van der Waals surface area (Å²) in [4.78, 5) is 14.8. The molecule has 0 spiro atoms. The van der Waals surface area contributed by atoms with Crippen molar-refractivity contribution >= 4 is 23.2 Å². The zero-order valence-electron chi connectivity index (χ0n) is 13.5. The molecule has 0 radical (unpaired) electrons. The van der Waals surface area contributed by atoms with Crippen LogP contribution in [0.4, 0.5) is 5.69 Å². The van der Waals surface area contributed by atoms with E-state index in [0.29, 0.717) is 16.3 Å². The van der Waals surface area contributed by atoms with Crippen LogP contribution in [0.15, 0.2) is 48.5 Å². The van der Waals surface area contributed by atoms with Crippen molar-refractivity contribution in [3.8, 4) is 0 Å². The van der Waals surface area contributed by atoms with Crippen molar-refractivity contribution in [1.82, 2.24) is 10.2 Å². The van der Waals surface area contributed by atoms with Crippen LogP contribution in [-0.4, -0.2) is 29.9 Å². The van der Waals surface area contributed by atoms with Crippen molar-refractivity contribution in [3.05, 3.63) is 64.7 Å². The van der Waals surface area contributed by atoms with E-state index in [1.54, 1.807) is 18.2 Å². The number of halogens is 1. The molecule has 1 unspecified atom stereocenters. The van der Waals surface area contributed by atoms with Crippen molar-refractivity contribution in [2.24, 2.45) is 0 Å². The number of nitrogens with zero attached hydrogens (tertiary/aromatic N) is 1. The molecule has 0 aromatic heterocycles. The van der Waals surface area contributed by atoms with Crippen molar-refractivity contribution in [2.75, 3.05) is 18.8 Å². The molecule has 0 bridgehead atoms. The van der Waals surface area contributed by atoms with Gasteiger partial charge in [-0.2, -0.15) is 0 Å². The first-order valence-corrected chi connectivity index (χ1v) is 8.62. The van der Waals surface area contributed by atoms with Gasteiger partial charge in [0.2, 0.25) is 0 Å². The molecule has 2 aromatic carbocycles. The lowest BCUT2D eigenvalue weighted by Crippen LogP contribution is -2.47. The third-order valence-corrected chi connectivity index (χ3v) is 4.68. The molecule has 1 atom stereocenters. The second-order valence-electron chi connectivity index (χ2n) is 6.27. The molecule has 1 saturated heterocycles. The number of rotatable bonds is 4. The summed E-state index contributed by atoms with van der Waals surface area (Å²) in [7, 11) is 0. The first-order valence-electron chi connectivity index (χ1n) is 8.24. The number of anilines is 1. The summed E-state index contributed by atoms with van der Waals surface area (Å²) in [6, 6.07) is 15.6. The molecule has 126 valence electrons. The lowest BCUT2D eigenvalue weighted by molar-refractivity contribution is 0.0901. The fourth-order valence-corrected chi connectivity index (χ4v) is 3.28. The standard InChI is InChI=1S/C19H22ClN3O/c20-17-11-15(8-9-18(17)21)19(24)22-16-7-4-10-23(13-16)12-14-5-2-1-3-6-14/h1-3,5-6,8-9,11,16H,4,7,10,12-13,21H2,(H,22,24). The maximum atomic E-state index is 12.4. The number of carbonyl (C=O) groups is 1. The molecule has 0 aliphatic carbocycles. The minimum atomic E-state index is -0.0940. The number of amides is 1. The maximum Gasteiger partial charge on any atom is 0.251 e. The average molecular weight is 344 g/mol. The monoisotopic (exact) mass is 343 g/mol. The molecule has 1 heterocycles. The molecule has 2 aromatic rings. The fourth-order valence-electron chi connectivity index (χ4n) is 3.10. The van der Waals surface area contributed by atoms with Gasteiger partial charge < -0.3 is 11.1 Å². The highest BCUT2D eigenvalue weighted by molar-refractivity contribution is 6.33. The molecular weight excluding hydrogens is 322 g/mol. The summed E-state index contributed by atoms with van der Waals surface area (Å²) in [5.41, 5.74) is 8.03. The number of likely N-dealkylation sites (tertiary alicyclic amines) is 1. The quantitative estimate of drug-likeness (QED) is 0.837. The second-order valence-corrected chi connectivity index (χ2v) is 6.68. The van der Waals surface area contributed by atoms with E-state index in [9.17, 15) is 4.79 Å². The molecule has 1 fully saturated rings. The largest absolute Gasteiger partial charge is 0.398 e. The second kappa shape index (κ2) is 7.69. The zero-order chi connectivity index (χ0) is 16.9. The van der Waals surface area contributed by atoms with Gasteiger partial charge in [-0.05, 0) is 43.1 Å². The van der Waals surface area contributed by atoms with Crippen molar-refractivity contribution in [2.45, 2.75) is 25.4 Å². The van der Waals surface area contributed by atoms with Crippen LogP contribution in [0.2, 0.25) is 5.02 Å². The highest BCUT2D eigenvalue weighted by atomic mass is 35.5. The molecule has 3 N–H and O–H groups in total. The van der Waals surface area contributed by atoms with Gasteiger partial charge in [-0.1, -0.05) is 41.9 Å². The summed E-state index contributed by atoms with van der Waals surface area (Å²) in [5.74, 6) is -0.0940. The number of nitrogen functional groups attached to an aromatic ring is 1. The predicted octanol–water partition coefficient (Wildman–Crippen LogP) is 3.32. The molecule has 24 heavy (non-hydrogen) atoms. The minimum absolute atomic E-state index is 0.0940. The molecule has 3 rings (SSSR count). The summed E-state index contributed by atoms with van der Waals surface area (Å²) in [5, 5.41) is 3.53. The first kappa shape index (κ1) is 16.8. The Labute approximate surface area is 147 Å². The van der Waals surface area contributed by atoms with Crippen LogP contribution in [0.1, 0.15) is 28.8 Å². The van der Waals surface area contributed by atoms with Gasteiger partial charge in [0, 0.05) is 24.7 Å². The van der Waals surface area contributed by atoms with E-state index in [1.165, 1.54) is 5.56 Å². The van der Waals surface area contributed by atoms with Crippen molar-refractivity contribution < 1.29 is 4.79 Å². The number of piperidine rings is 1. The zero-order valence-corrected chi connectivity index (χ0v) is 14.3. The molecule has 1 aliphatic heterocycles. The number of hydrogen-bond acceptors (Lipinski definition) is 3. The van der Waals surface area contributed by atoms with Gasteiger partial charge in [0.1, 0.15) is 0 Å². The Morgan fingerprint density at radius 2 is 2.04 bits per heavy atom. The van der Waals surface area contributed by atoms with Crippen molar-refractivity contribution in [3.63, 3.8) is 0 Å². The van der Waals surface area contributed by atoms with E-state index in [0.717, 1.165) is 32.5 Å². The number of carbonyl (C=O) groups excluding carboxylic acids is 1. The SMILES string of the molecule is Nc1ccc(C(=O)NC2CCCN(Cc3ccccc3)C2)cc1Cl. The molecule has 1 amide bonds. The highest BCUT2D eigenvalue weighted by Crippen LogP contribution is 2.20. The highest BCUT2D eigenvalue weighted by Gasteiger charge is 2.22. The van der Waals surface area contributed by atoms with Gasteiger partial charge in [0.15, 0.2) is 0 Å². The number of nitrogens with one attached hydrogen (secondary N) is 1. The Morgan fingerprint density at radius 3 is 2.79 bits per heavy atom. The number of benzene rings is 2. The Bertz CT molecular complexity index is 705. The Morgan fingerprint density at radius 1 is 1.25 bits per heavy atom. The minimum Gasteiger partial charge on any atom is -0.398 e. The first-order chi connectivity index (χ1) is 11.6. The fraction of sp³-hybridized carbons (Fsp3) is 0.316. The van der Waals surface area contributed by atoms with E-state index in [1.807, 2.05) is 6.07 Å². The van der Waals surface area contributed by atoms with Gasteiger partial charge in [0.25, 0.3) is 5.91 Å². The van der Waals surface area contributed by atoms with Gasteiger partial charge in [0.05, 0.1) is 10.7 Å². The van der Waals surface area contributed by atoms with Gasteiger partial charge in [-0.3, -0.25) is 9.69 Å². The molecule has 0 saturated carbocycles. The van der Waals surface area contributed by atoms with E-state index >= 15 is 0 Å². The molecule has 4 nitrogen and oxygen atoms in total. The van der Waals surface area contributed by atoms with Gasteiger partial charge >= 0.3 is 0 Å². The van der Waals surface area contributed by atoms with E-state index in [2.05, 4.69) is 34.5 Å². The number of hydrogen-bond donors (Lipinski definition) is 2. The van der Waals surface area contributed by atoms with Gasteiger partial charge in [-0.15, -0.1) is 0 Å². The lowest BCUT2D eigenvalue weighted by Gasteiger charge is -2.33. The maximum absolute atomic E-state index is 12.4. The van der Waals surface area contributed by atoms with Crippen LogP contribution >= 0.6 is 11.6 Å². The third kappa shape index (κ3) is 4.28.